The second kappa shape index (κ2) is 9.22. The minimum absolute atomic E-state index is 0.426. The number of unbranched alkanes of at least 4 members (excludes halogenated alkanes) is 2. The van der Waals surface area contributed by atoms with Crippen molar-refractivity contribution in [3.8, 4) is 0 Å². The van der Waals surface area contributed by atoms with Crippen molar-refractivity contribution in [3.05, 3.63) is 39.0 Å². The molecule has 24 heavy (non-hydrogen) atoms. The van der Waals surface area contributed by atoms with Crippen LogP contribution in [0.4, 0.5) is 0 Å². The Morgan fingerprint density at radius 3 is 2.50 bits per heavy atom. The molecule has 2 rings (SSSR count). The number of hydrogen-bond acceptors (Lipinski definition) is 2. The maximum Gasteiger partial charge on any atom is 0.147 e. The van der Waals surface area contributed by atoms with Crippen molar-refractivity contribution >= 4 is 40.6 Å². The topological polar surface area (TPSA) is 12.5 Å². The summed E-state index contributed by atoms with van der Waals surface area (Å²) < 4.78 is 6.17. The zero-order chi connectivity index (χ0) is 17.7. The van der Waals surface area contributed by atoms with Crippen LogP contribution in [-0.4, -0.2) is 23.9 Å². The number of rotatable bonds is 8. The number of hydrogen-bond donors (Lipinski definition) is 0. The predicted molar refractivity (Wildman–Crippen MR) is 105 cm³/mol. The van der Waals surface area contributed by atoms with Crippen LogP contribution in [0.5, 0.6) is 0 Å². The molecule has 1 aromatic rings. The molecule has 134 valence electrons. The van der Waals surface area contributed by atoms with E-state index in [0.717, 1.165) is 48.5 Å². The molecule has 0 aromatic heterocycles. The second-order valence-corrected chi connectivity index (χ2v) is 7.74. The lowest BCUT2D eigenvalue weighted by Gasteiger charge is -2.35. The van der Waals surface area contributed by atoms with E-state index in [1.54, 1.807) is 0 Å². The van der Waals surface area contributed by atoms with Crippen molar-refractivity contribution in [3.63, 3.8) is 0 Å². The van der Waals surface area contributed by atoms with Crippen LogP contribution in [0.15, 0.2) is 17.8 Å². The SMILES string of the molecule is CCCCCOC1=C(CCl)N(CC(C)C)Cc2cc(Cl)c(Cl)cc21. The summed E-state index contributed by atoms with van der Waals surface area (Å²) in [7, 11) is 0. The summed E-state index contributed by atoms with van der Waals surface area (Å²) in [6.45, 7) is 9.01. The summed E-state index contributed by atoms with van der Waals surface area (Å²) in [6.07, 6.45) is 3.37. The molecule has 0 fully saturated rings. The van der Waals surface area contributed by atoms with Crippen molar-refractivity contribution in [1.82, 2.24) is 4.90 Å². The van der Waals surface area contributed by atoms with Gasteiger partial charge in [0.05, 0.1) is 28.2 Å². The first-order valence-corrected chi connectivity index (χ1v) is 9.92. The van der Waals surface area contributed by atoms with Crippen LogP contribution in [0.1, 0.15) is 51.2 Å². The van der Waals surface area contributed by atoms with E-state index >= 15 is 0 Å². The van der Waals surface area contributed by atoms with Crippen LogP contribution in [-0.2, 0) is 11.3 Å². The van der Waals surface area contributed by atoms with Crippen LogP contribution < -0.4 is 0 Å². The Labute approximate surface area is 160 Å². The molecule has 1 heterocycles. The zero-order valence-corrected chi connectivity index (χ0v) is 16.9. The van der Waals surface area contributed by atoms with Gasteiger partial charge in [-0.3, -0.25) is 0 Å². The molecule has 0 saturated carbocycles. The van der Waals surface area contributed by atoms with Gasteiger partial charge in [0.2, 0.25) is 0 Å². The van der Waals surface area contributed by atoms with Crippen molar-refractivity contribution in [2.45, 2.75) is 46.6 Å². The van der Waals surface area contributed by atoms with Crippen molar-refractivity contribution in [2.75, 3.05) is 19.0 Å². The first-order chi connectivity index (χ1) is 11.5. The number of halogens is 3. The molecule has 0 atom stereocenters. The Kier molecular flexibility index (Phi) is 7.59. The third-order valence-electron chi connectivity index (χ3n) is 4.10. The Morgan fingerprint density at radius 1 is 1.17 bits per heavy atom. The third-order valence-corrected chi connectivity index (χ3v) is 5.08. The number of benzene rings is 1. The van der Waals surface area contributed by atoms with Gasteiger partial charge in [0.1, 0.15) is 5.76 Å². The highest BCUT2D eigenvalue weighted by molar-refractivity contribution is 6.42. The summed E-state index contributed by atoms with van der Waals surface area (Å²) in [5, 5.41) is 1.14. The van der Waals surface area contributed by atoms with E-state index in [2.05, 4.69) is 25.7 Å². The number of allylic oxidation sites excluding steroid dienone is 1. The van der Waals surface area contributed by atoms with Gasteiger partial charge in [-0.1, -0.05) is 56.8 Å². The molecule has 5 heteroatoms. The quantitative estimate of drug-likeness (QED) is 0.367. The summed E-state index contributed by atoms with van der Waals surface area (Å²) in [5.74, 6) is 1.82. The number of nitrogens with zero attached hydrogens (tertiary/aromatic N) is 1. The van der Waals surface area contributed by atoms with Gasteiger partial charge >= 0.3 is 0 Å². The highest BCUT2D eigenvalue weighted by Crippen LogP contribution is 2.38. The standard InChI is InChI=1S/C19H26Cl3NO/c1-4-5-6-7-24-19-15-9-17(22)16(21)8-14(15)12-23(11-13(2)3)18(19)10-20/h8-9,13H,4-7,10-12H2,1-3H3. The van der Waals surface area contributed by atoms with E-state index in [9.17, 15) is 0 Å². The first kappa shape index (κ1) is 19.8. The second-order valence-electron chi connectivity index (χ2n) is 6.66. The van der Waals surface area contributed by atoms with Gasteiger partial charge in [-0.25, -0.2) is 0 Å². The lowest BCUT2D eigenvalue weighted by Crippen LogP contribution is -2.32. The monoisotopic (exact) mass is 389 g/mol. The molecule has 0 radical (unpaired) electrons. The van der Waals surface area contributed by atoms with Gasteiger partial charge in [0.15, 0.2) is 0 Å². The van der Waals surface area contributed by atoms with E-state index in [1.165, 1.54) is 6.42 Å². The molecule has 0 N–H and O–H groups in total. The molecule has 0 unspecified atom stereocenters. The molecular formula is C19H26Cl3NO. The Bertz CT molecular complexity index is 599. The Hall–Kier alpha value is -0.570. The summed E-state index contributed by atoms with van der Waals surface area (Å²) in [5.41, 5.74) is 3.22. The van der Waals surface area contributed by atoms with Crippen LogP contribution in [0.2, 0.25) is 10.0 Å². The van der Waals surface area contributed by atoms with E-state index in [-0.39, 0.29) is 0 Å². The zero-order valence-electron chi connectivity index (χ0n) is 14.7. The van der Waals surface area contributed by atoms with Crippen LogP contribution >= 0.6 is 34.8 Å². The van der Waals surface area contributed by atoms with Gasteiger partial charge in [-0.2, -0.15) is 0 Å². The third kappa shape index (κ3) is 4.74. The minimum Gasteiger partial charge on any atom is -0.491 e. The molecular weight excluding hydrogens is 365 g/mol. The largest absolute Gasteiger partial charge is 0.491 e. The fourth-order valence-electron chi connectivity index (χ4n) is 2.98. The van der Waals surface area contributed by atoms with Gasteiger partial charge in [0, 0.05) is 18.7 Å². The Balaban J connectivity index is 2.39. The van der Waals surface area contributed by atoms with E-state index in [4.69, 9.17) is 39.5 Å². The summed E-state index contributed by atoms with van der Waals surface area (Å²) in [4.78, 5) is 2.30. The smallest absolute Gasteiger partial charge is 0.147 e. The Morgan fingerprint density at radius 2 is 1.88 bits per heavy atom. The molecule has 0 saturated heterocycles. The average molecular weight is 391 g/mol. The fraction of sp³-hybridized carbons (Fsp3) is 0.579. The highest BCUT2D eigenvalue weighted by atomic mass is 35.5. The molecule has 0 spiro atoms. The number of alkyl halides is 1. The van der Waals surface area contributed by atoms with Gasteiger partial charge in [-0.05, 0) is 30.0 Å². The summed E-state index contributed by atoms with van der Waals surface area (Å²) >= 11 is 18.8. The van der Waals surface area contributed by atoms with Crippen molar-refractivity contribution < 1.29 is 4.74 Å². The molecule has 2 nitrogen and oxygen atoms in total. The molecule has 0 aliphatic carbocycles. The number of ether oxygens (including phenoxy) is 1. The molecule has 0 bridgehead atoms. The van der Waals surface area contributed by atoms with Crippen molar-refractivity contribution in [1.29, 1.82) is 0 Å². The highest BCUT2D eigenvalue weighted by Gasteiger charge is 2.27. The van der Waals surface area contributed by atoms with E-state index in [1.807, 2.05) is 12.1 Å². The van der Waals surface area contributed by atoms with E-state index in [0.29, 0.717) is 28.5 Å². The fourth-order valence-corrected chi connectivity index (χ4v) is 3.62. The average Bonchev–Trinajstić information content (AvgIpc) is 2.52. The lowest BCUT2D eigenvalue weighted by atomic mass is 9.98. The number of fused-ring (bicyclic) bond motifs is 1. The molecule has 1 aliphatic rings. The molecule has 1 aromatic carbocycles. The van der Waals surface area contributed by atoms with Gasteiger partial charge in [0.25, 0.3) is 0 Å². The van der Waals surface area contributed by atoms with Crippen LogP contribution in [0, 0.1) is 5.92 Å². The minimum atomic E-state index is 0.426. The van der Waals surface area contributed by atoms with Crippen molar-refractivity contribution in [2.24, 2.45) is 5.92 Å². The summed E-state index contributed by atoms with van der Waals surface area (Å²) in [6, 6.07) is 3.86. The van der Waals surface area contributed by atoms with Crippen LogP contribution in [0.25, 0.3) is 5.76 Å². The van der Waals surface area contributed by atoms with E-state index < -0.39 is 0 Å². The normalized spacial score (nSPS) is 14.4. The molecule has 1 aliphatic heterocycles. The maximum atomic E-state index is 6.29. The first-order valence-electron chi connectivity index (χ1n) is 8.63. The van der Waals surface area contributed by atoms with Gasteiger partial charge < -0.3 is 9.64 Å². The van der Waals surface area contributed by atoms with Gasteiger partial charge in [-0.15, -0.1) is 11.6 Å². The lowest BCUT2D eigenvalue weighted by molar-refractivity contribution is 0.233. The van der Waals surface area contributed by atoms with Crippen LogP contribution in [0.3, 0.4) is 0 Å². The molecule has 0 amide bonds. The maximum absolute atomic E-state index is 6.29. The predicted octanol–water partition coefficient (Wildman–Crippen LogP) is 6.58.